The Bertz CT molecular complexity index is 1640. The first-order chi connectivity index (χ1) is 20.6. The van der Waals surface area contributed by atoms with E-state index in [1.165, 1.54) is 29.2 Å². The van der Waals surface area contributed by atoms with Crippen molar-refractivity contribution in [2.45, 2.75) is 43.8 Å². The third-order valence-electron chi connectivity index (χ3n) is 6.70. The zero-order valence-electron chi connectivity index (χ0n) is 23.9. The zero-order chi connectivity index (χ0) is 31.0. The molecule has 4 rings (SSSR count). The van der Waals surface area contributed by atoms with Gasteiger partial charge in [0.1, 0.15) is 18.4 Å². The summed E-state index contributed by atoms with van der Waals surface area (Å²) in [5, 5.41) is 2.62. The summed E-state index contributed by atoms with van der Waals surface area (Å²) < 4.78 is 42.8. The number of hydrogen-bond acceptors (Lipinski definition) is 4. The topological polar surface area (TPSA) is 86.8 Å². The number of carbonyl (C=O) groups is 2. The molecule has 4 aromatic rings. The van der Waals surface area contributed by atoms with Gasteiger partial charge in [-0.05, 0) is 55.3 Å². The van der Waals surface area contributed by atoms with Gasteiger partial charge < -0.3 is 10.2 Å². The minimum Gasteiger partial charge on any atom is -0.352 e. The van der Waals surface area contributed by atoms with E-state index in [1.807, 2.05) is 74.5 Å². The molecule has 0 radical (unpaired) electrons. The van der Waals surface area contributed by atoms with Gasteiger partial charge in [-0.25, -0.2) is 12.8 Å². The van der Waals surface area contributed by atoms with Gasteiger partial charge in [0.15, 0.2) is 0 Å². The Morgan fingerprint density at radius 2 is 1.40 bits per heavy atom. The molecular weight excluding hydrogens is 589 g/mol. The second-order valence-corrected chi connectivity index (χ2v) is 12.6. The molecule has 10 heteroatoms. The summed E-state index contributed by atoms with van der Waals surface area (Å²) in [7, 11) is -4.30. The smallest absolute Gasteiger partial charge is 0.264 e. The van der Waals surface area contributed by atoms with Gasteiger partial charge in [-0.2, -0.15) is 0 Å². The third-order valence-corrected chi connectivity index (χ3v) is 8.78. The van der Waals surface area contributed by atoms with Crippen LogP contribution in [0.3, 0.4) is 0 Å². The Balaban J connectivity index is 1.80. The Hall–Kier alpha value is -4.21. The highest BCUT2D eigenvalue weighted by Crippen LogP contribution is 2.28. The maximum absolute atomic E-state index is 14.3. The predicted molar refractivity (Wildman–Crippen MR) is 167 cm³/mol. The van der Waals surface area contributed by atoms with E-state index in [4.69, 9.17) is 11.6 Å². The van der Waals surface area contributed by atoms with Gasteiger partial charge in [0.05, 0.1) is 15.6 Å². The molecular formula is C33H33ClFN3O4S. The lowest BCUT2D eigenvalue weighted by molar-refractivity contribution is -0.140. The number of amides is 2. The molecule has 0 aliphatic heterocycles. The number of sulfonamides is 1. The molecule has 0 spiro atoms. The largest absolute Gasteiger partial charge is 0.352 e. The number of anilines is 1. The van der Waals surface area contributed by atoms with Gasteiger partial charge in [-0.15, -0.1) is 0 Å². The number of rotatable bonds is 12. The molecule has 1 atom stereocenters. The van der Waals surface area contributed by atoms with Gasteiger partial charge >= 0.3 is 0 Å². The maximum Gasteiger partial charge on any atom is 0.264 e. The van der Waals surface area contributed by atoms with Crippen molar-refractivity contribution in [1.82, 2.24) is 10.2 Å². The molecule has 0 saturated carbocycles. The highest BCUT2D eigenvalue weighted by molar-refractivity contribution is 7.92. The van der Waals surface area contributed by atoms with E-state index < -0.39 is 34.3 Å². The predicted octanol–water partition coefficient (Wildman–Crippen LogP) is 5.84. The first kappa shape index (κ1) is 31.7. The fourth-order valence-electron chi connectivity index (χ4n) is 4.60. The van der Waals surface area contributed by atoms with E-state index in [2.05, 4.69) is 5.32 Å². The molecule has 4 aromatic carbocycles. The first-order valence-electron chi connectivity index (χ1n) is 13.8. The molecule has 43 heavy (non-hydrogen) atoms. The Kier molecular flexibility index (Phi) is 10.6. The number of benzene rings is 4. The molecule has 7 nitrogen and oxygen atoms in total. The first-order valence-corrected chi connectivity index (χ1v) is 15.6. The monoisotopic (exact) mass is 621 g/mol. The third kappa shape index (κ3) is 8.21. The summed E-state index contributed by atoms with van der Waals surface area (Å²) in [6.07, 6.45) is 0.200. The van der Waals surface area contributed by atoms with Gasteiger partial charge in [0.2, 0.25) is 11.8 Å². The Labute approximate surface area is 257 Å². The highest BCUT2D eigenvalue weighted by atomic mass is 35.5. The van der Waals surface area contributed by atoms with E-state index >= 15 is 0 Å². The lowest BCUT2D eigenvalue weighted by atomic mass is 10.0. The van der Waals surface area contributed by atoms with Gasteiger partial charge in [-0.3, -0.25) is 13.9 Å². The highest BCUT2D eigenvalue weighted by Gasteiger charge is 2.35. The minimum atomic E-state index is -4.30. The molecule has 2 amide bonds. The van der Waals surface area contributed by atoms with Crippen LogP contribution >= 0.6 is 11.6 Å². The average Bonchev–Trinajstić information content (AvgIpc) is 3.00. The van der Waals surface area contributed by atoms with E-state index in [-0.39, 0.29) is 40.5 Å². The van der Waals surface area contributed by atoms with Crippen molar-refractivity contribution in [1.29, 1.82) is 0 Å². The Morgan fingerprint density at radius 1 is 0.837 bits per heavy atom. The van der Waals surface area contributed by atoms with Gasteiger partial charge in [-0.1, -0.05) is 90.5 Å². The number of carbonyl (C=O) groups excluding carboxylic acids is 2. The van der Waals surface area contributed by atoms with Crippen molar-refractivity contribution >= 4 is 39.1 Å². The van der Waals surface area contributed by atoms with Crippen LogP contribution in [0.1, 0.15) is 25.0 Å². The fourth-order valence-corrected chi connectivity index (χ4v) is 6.21. The standard InChI is InChI=1S/C33H33ClFN3O4S/c1-24(2)36-33(40)31(20-25-12-6-3-7-13-25)37(22-26-14-8-4-9-15-26)32(39)23-38(27-18-19-30(35)29(34)21-27)43(41,42)28-16-10-5-11-17-28/h3-19,21,24,31H,20,22-23H2,1-2H3,(H,36,40)/t31-/m0/s1. The van der Waals surface area contributed by atoms with Crippen LogP contribution in [0.25, 0.3) is 0 Å². The van der Waals surface area contributed by atoms with Crippen molar-refractivity contribution in [2.24, 2.45) is 0 Å². The quantitative estimate of drug-likeness (QED) is 0.215. The van der Waals surface area contributed by atoms with E-state index in [1.54, 1.807) is 18.2 Å². The van der Waals surface area contributed by atoms with Crippen LogP contribution in [0.2, 0.25) is 5.02 Å². The van der Waals surface area contributed by atoms with Crippen LogP contribution in [0, 0.1) is 5.82 Å². The summed E-state index contributed by atoms with van der Waals surface area (Å²) in [5.41, 5.74) is 1.60. The molecule has 0 aliphatic carbocycles. The van der Waals surface area contributed by atoms with Gasteiger partial charge in [0.25, 0.3) is 10.0 Å². The van der Waals surface area contributed by atoms with Crippen LogP contribution in [0.15, 0.2) is 114 Å². The molecule has 1 N–H and O–H groups in total. The number of hydrogen-bond donors (Lipinski definition) is 1. The van der Waals surface area contributed by atoms with Crippen molar-refractivity contribution in [3.63, 3.8) is 0 Å². The van der Waals surface area contributed by atoms with Crippen LogP contribution < -0.4 is 9.62 Å². The molecule has 0 aliphatic rings. The zero-order valence-corrected chi connectivity index (χ0v) is 25.4. The molecule has 0 heterocycles. The van der Waals surface area contributed by atoms with Crippen LogP contribution in [0.5, 0.6) is 0 Å². The van der Waals surface area contributed by atoms with E-state index in [9.17, 15) is 22.4 Å². The maximum atomic E-state index is 14.3. The average molecular weight is 622 g/mol. The second-order valence-electron chi connectivity index (χ2n) is 10.3. The molecule has 0 saturated heterocycles. The van der Waals surface area contributed by atoms with Crippen molar-refractivity contribution < 1.29 is 22.4 Å². The summed E-state index contributed by atoms with van der Waals surface area (Å²) in [6, 6.07) is 28.4. The van der Waals surface area contributed by atoms with Crippen LogP contribution in [-0.4, -0.2) is 43.8 Å². The van der Waals surface area contributed by atoms with Crippen molar-refractivity contribution in [3.8, 4) is 0 Å². The normalized spacial score (nSPS) is 12.0. The van der Waals surface area contributed by atoms with Crippen LogP contribution in [0.4, 0.5) is 10.1 Å². The number of nitrogens with one attached hydrogen (secondary N) is 1. The fraction of sp³-hybridized carbons (Fsp3) is 0.212. The number of nitrogens with zero attached hydrogens (tertiary/aromatic N) is 2. The summed E-state index contributed by atoms with van der Waals surface area (Å²) in [5.74, 6) is -1.72. The molecule has 0 bridgehead atoms. The summed E-state index contributed by atoms with van der Waals surface area (Å²) in [4.78, 5) is 29.3. The van der Waals surface area contributed by atoms with Gasteiger partial charge in [0, 0.05) is 19.0 Å². The second kappa shape index (κ2) is 14.3. The van der Waals surface area contributed by atoms with E-state index in [0.717, 1.165) is 21.5 Å². The number of halogens is 2. The molecule has 0 fully saturated rings. The summed E-state index contributed by atoms with van der Waals surface area (Å²) in [6.45, 7) is 3.04. The van der Waals surface area contributed by atoms with E-state index in [0.29, 0.717) is 0 Å². The lowest BCUT2D eigenvalue weighted by Gasteiger charge is -2.34. The molecule has 224 valence electrons. The van der Waals surface area contributed by atoms with Crippen molar-refractivity contribution in [3.05, 3.63) is 131 Å². The Morgan fingerprint density at radius 3 is 1.95 bits per heavy atom. The summed E-state index contributed by atoms with van der Waals surface area (Å²) >= 11 is 6.05. The SMILES string of the molecule is CC(C)NC(=O)[C@H](Cc1ccccc1)N(Cc1ccccc1)C(=O)CN(c1ccc(F)c(Cl)c1)S(=O)(=O)c1ccccc1. The minimum absolute atomic E-state index is 0.00880. The van der Waals surface area contributed by atoms with Crippen LogP contribution in [-0.2, 0) is 32.6 Å². The lowest BCUT2D eigenvalue weighted by Crippen LogP contribution is -2.54. The molecule has 0 aromatic heterocycles. The van der Waals surface area contributed by atoms with Crippen molar-refractivity contribution in [2.75, 3.05) is 10.8 Å². The molecule has 0 unspecified atom stereocenters.